The molecule has 1 aromatic heterocycles. The van der Waals surface area contributed by atoms with Gasteiger partial charge in [0.1, 0.15) is 11.9 Å². The van der Waals surface area contributed by atoms with Crippen molar-refractivity contribution in [2.45, 2.75) is 65.9 Å². The summed E-state index contributed by atoms with van der Waals surface area (Å²) in [6.07, 6.45) is -6.40. The smallest absolute Gasteiger partial charge is 0.384 e. The van der Waals surface area contributed by atoms with Gasteiger partial charge in [0, 0.05) is 6.20 Å². The number of aromatic nitrogens is 2. The fourth-order valence-electron chi connectivity index (χ4n) is 3.52. The molecule has 7 N–H and O–H groups in total. The molecule has 23 heteroatoms. The quantitative estimate of drug-likeness (QED) is 0.150. The number of aliphatic hydroxyl groups is 1. The Kier molecular flexibility index (Phi) is 18.3. The molecule has 2 unspecified atom stereocenters. The second-order valence-corrected chi connectivity index (χ2v) is 13.2. The molecule has 18 nitrogen and oxygen atoms in total. The van der Waals surface area contributed by atoms with E-state index in [0.717, 1.165) is 12.3 Å². The van der Waals surface area contributed by atoms with Crippen molar-refractivity contribution in [3.8, 4) is 0 Å². The average Bonchev–Trinajstić information content (AvgIpc) is 3.12. The van der Waals surface area contributed by atoms with E-state index in [9.17, 15) is 37.3 Å². The Hall–Kier alpha value is -1.21. The number of nitrogens with zero attached hydrogens (tertiary/aromatic N) is 4. The van der Waals surface area contributed by atoms with Gasteiger partial charge in [0.25, 0.3) is 0 Å². The summed E-state index contributed by atoms with van der Waals surface area (Å²) in [5.74, 6) is -4.42. The molecule has 260 valence electrons. The minimum absolute atomic E-state index is 0.282. The standard InChI is InChI=1S/C9H14F2N3O13P3.2C6H15N/c10-9(11)6(15)4(25-7(9)14-2-1-5(12)13-8(14)16)3-24-29(20,21)27-30(22,23)26-28(17,18)19;2*1-4-7(5-2)6-3/h1-2,4,6-7,15H,3H2,(H,20,21)(H,22,23)(H2,12,13,16)(H2,17,18,19);2*4-6H2,1-3H3/t4-,6-,7-;;/m1../s1/i8+1,13+1,14+1;;. The number of hydrogen-bond donors (Lipinski definition) is 6. The van der Waals surface area contributed by atoms with Gasteiger partial charge in [0.15, 0.2) is 6.10 Å². The highest BCUT2D eigenvalue weighted by molar-refractivity contribution is 7.66. The monoisotopic (exact) mass is 708 g/mol. The first-order chi connectivity index (χ1) is 20.1. The van der Waals surface area contributed by atoms with Crippen LogP contribution in [-0.4, -0.2) is 108 Å². The molecule has 0 saturated carbocycles. The predicted molar refractivity (Wildman–Crippen MR) is 155 cm³/mol. The van der Waals surface area contributed by atoms with Crippen molar-refractivity contribution in [1.29, 1.82) is 0 Å². The summed E-state index contributed by atoms with van der Waals surface area (Å²) in [5, 5.41) is 9.72. The summed E-state index contributed by atoms with van der Waals surface area (Å²) < 4.78 is 78.0. The van der Waals surface area contributed by atoms with Crippen LogP contribution in [0, 0.1) is 0 Å². The lowest BCUT2D eigenvalue weighted by Gasteiger charge is -2.20. The first kappa shape index (κ1) is 42.8. The second-order valence-electron chi connectivity index (χ2n) is 8.81. The van der Waals surface area contributed by atoms with Crippen LogP contribution in [0.5, 0.6) is 0 Å². The van der Waals surface area contributed by atoms with Crippen LogP contribution < -0.4 is 11.4 Å². The topological polar surface area (TPSA) is 257 Å². The zero-order chi connectivity index (χ0) is 34.5. The Morgan fingerprint density at radius 1 is 0.932 bits per heavy atom. The minimum Gasteiger partial charge on any atom is -0.384 e. The van der Waals surface area contributed by atoms with Gasteiger partial charge in [-0.3, -0.25) is 9.09 Å². The summed E-state index contributed by atoms with van der Waals surface area (Å²) in [5.41, 5.74) is 3.97. The Bertz CT molecular complexity index is 1180. The van der Waals surface area contributed by atoms with Gasteiger partial charge in [0.05, 0.1) is 6.61 Å². The van der Waals surface area contributed by atoms with Crippen LogP contribution in [0.1, 0.15) is 47.8 Å². The molecule has 1 aliphatic rings. The van der Waals surface area contributed by atoms with Crippen LogP contribution in [0.4, 0.5) is 14.6 Å². The first-order valence-electron chi connectivity index (χ1n) is 13.4. The maximum absolute atomic E-state index is 14.3. The van der Waals surface area contributed by atoms with Crippen LogP contribution >= 0.6 is 23.5 Å². The lowest BCUT2D eigenvalue weighted by atomic mass is 10.1. The van der Waals surface area contributed by atoms with E-state index in [0.29, 0.717) is 0 Å². The molecule has 2 rings (SSSR count). The number of phosphoric ester groups is 1. The summed E-state index contributed by atoms with van der Waals surface area (Å²) in [4.78, 5) is 54.8. The summed E-state index contributed by atoms with van der Waals surface area (Å²) in [6.45, 7) is 18.9. The van der Waals surface area contributed by atoms with E-state index in [1.165, 1.54) is 39.3 Å². The number of rotatable bonds is 14. The van der Waals surface area contributed by atoms with Gasteiger partial charge < -0.3 is 45.0 Å². The molecule has 0 aliphatic carbocycles. The summed E-state index contributed by atoms with van der Waals surface area (Å²) in [6, 6.07) is 0.979. The van der Waals surface area contributed by atoms with Crippen molar-refractivity contribution in [3.05, 3.63) is 22.7 Å². The molecule has 0 amide bonds. The first-order valence-corrected chi connectivity index (χ1v) is 17.9. The van der Waals surface area contributed by atoms with E-state index in [2.05, 4.69) is 69.5 Å². The molecule has 0 aromatic carbocycles. The van der Waals surface area contributed by atoms with E-state index < -0.39 is 60.1 Å². The van der Waals surface area contributed by atoms with Gasteiger partial charge in [-0.25, -0.2) is 18.5 Å². The lowest BCUT2D eigenvalue weighted by Crippen LogP contribution is -2.41. The highest BCUT2D eigenvalue weighted by Gasteiger charge is 2.60. The molecule has 1 fully saturated rings. The zero-order valence-electron chi connectivity index (χ0n) is 25.3. The molecular formula is C21H44F2N5O13P3. The number of aliphatic hydroxyl groups excluding tert-OH is 1. The molecular weight excluding hydrogens is 664 g/mol. The lowest BCUT2D eigenvalue weighted by molar-refractivity contribution is -0.140. The number of alkyl halides is 2. The van der Waals surface area contributed by atoms with Crippen molar-refractivity contribution < 1.29 is 65.0 Å². The average molecular weight is 709 g/mol. The maximum atomic E-state index is 14.3. The number of anilines is 1. The van der Waals surface area contributed by atoms with E-state index in [1.54, 1.807) is 0 Å². The highest BCUT2D eigenvalue weighted by Crippen LogP contribution is 2.66. The number of nitrogen functional groups attached to an aromatic ring is 1. The molecule has 2 heterocycles. The van der Waals surface area contributed by atoms with Gasteiger partial charge in [-0.2, -0.15) is 22.4 Å². The van der Waals surface area contributed by atoms with Gasteiger partial charge >= 0.3 is 35.1 Å². The number of ether oxygens (including phenoxy) is 1. The van der Waals surface area contributed by atoms with E-state index in [1.807, 2.05) is 0 Å². The second kappa shape index (κ2) is 18.8. The Balaban J connectivity index is 0.00000109. The van der Waals surface area contributed by atoms with Crippen LogP contribution in [0.15, 0.2) is 17.1 Å². The normalized spacial score (nSPS) is 22.4. The van der Waals surface area contributed by atoms with E-state index >= 15 is 0 Å². The third-order valence-electron chi connectivity index (χ3n) is 5.98. The fourth-order valence-corrected chi connectivity index (χ4v) is 6.55. The molecule has 1 saturated heterocycles. The van der Waals surface area contributed by atoms with Gasteiger partial charge in [-0.15, -0.1) is 0 Å². The number of halogens is 2. The van der Waals surface area contributed by atoms with Gasteiger partial charge in [-0.1, -0.05) is 41.5 Å². The van der Waals surface area contributed by atoms with Crippen molar-refractivity contribution >= 4 is 29.3 Å². The number of phosphoric acid groups is 3. The van der Waals surface area contributed by atoms with Crippen molar-refractivity contribution in [2.24, 2.45) is 0 Å². The molecule has 5 atom stereocenters. The third kappa shape index (κ3) is 14.9. The fraction of sp³-hybridized carbons (Fsp3) is 0.810. The van der Waals surface area contributed by atoms with Gasteiger partial charge in [-0.05, 0) is 45.3 Å². The number of nitrogens with two attached hydrogens (primary N) is 1. The predicted octanol–water partition coefficient (Wildman–Crippen LogP) is 1.76. The Labute approximate surface area is 254 Å². The van der Waals surface area contributed by atoms with Crippen LogP contribution in [0.2, 0.25) is 0 Å². The van der Waals surface area contributed by atoms with Crippen LogP contribution in [-0.2, 0) is 31.6 Å². The third-order valence-corrected chi connectivity index (χ3v) is 9.79. The van der Waals surface area contributed by atoms with E-state index in [-0.39, 0.29) is 10.4 Å². The molecule has 0 spiro atoms. The summed E-state index contributed by atoms with van der Waals surface area (Å²) >= 11 is 0. The van der Waals surface area contributed by atoms with Crippen LogP contribution in [0.3, 0.4) is 0 Å². The Morgan fingerprint density at radius 2 is 1.39 bits per heavy atom. The largest absolute Gasteiger partial charge is 0.490 e. The molecule has 1 aliphatic heterocycles. The Morgan fingerprint density at radius 3 is 1.75 bits per heavy atom. The molecule has 44 heavy (non-hydrogen) atoms. The number of hydrogen-bond acceptors (Lipinski definition) is 13. The van der Waals surface area contributed by atoms with Crippen molar-refractivity contribution in [1.82, 2.24) is 19.4 Å². The zero-order valence-corrected chi connectivity index (χ0v) is 28.0. The minimum atomic E-state index is -5.83. The molecule has 1 aromatic rings. The highest BCUT2D eigenvalue weighted by atomic mass is 31.3. The molecule has 0 radical (unpaired) electrons. The van der Waals surface area contributed by atoms with Crippen molar-refractivity contribution in [3.63, 3.8) is 0 Å². The van der Waals surface area contributed by atoms with Gasteiger partial charge in [0.2, 0.25) is 6.23 Å². The van der Waals surface area contributed by atoms with Crippen molar-refractivity contribution in [2.75, 3.05) is 51.6 Å². The molecule has 0 bridgehead atoms. The maximum Gasteiger partial charge on any atom is 0.490 e. The summed E-state index contributed by atoms with van der Waals surface area (Å²) in [7, 11) is -17.1. The van der Waals surface area contributed by atoms with Crippen LogP contribution in [0.25, 0.3) is 0 Å². The SMILES string of the molecule is CCN(CC)CC.CCN(CC)CC.Nc1cc[15n]([C@@H]2O[C@H](COP(=O)(O)OP(=O)(O)OP(=O)(O)O)[C@@H](O)C2(F)F)[13c](=O)[15n]1. The van der Waals surface area contributed by atoms with E-state index in [4.69, 9.17) is 25.2 Å².